The van der Waals surface area contributed by atoms with Crippen LogP contribution in [-0.4, -0.2) is 24.9 Å². The van der Waals surface area contributed by atoms with E-state index in [0.29, 0.717) is 34.0 Å². The van der Waals surface area contributed by atoms with Crippen LogP contribution in [0.2, 0.25) is 0 Å². The summed E-state index contributed by atoms with van der Waals surface area (Å²) in [5.41, 5.74) is 1.02. The molecular formula is C16H16N2O2S2. The van der Waals surface area contributed by atoms with E-state index in [9.17, 15) is 9.59 Å². The number of benzene rings is 2. The molecule has 0 aliphatic carbocycles. The number of hydrogen-bond acceptors (Lipinski definition) is 4. The van der Waals surface area contributed by atoms with E-state index >= 15 is 0 Å². The Morgan fingerprint density at radius 1 is 0.727 bits per heavy atom. The van der Waals surface area contributed by atoms with Gasteiger partial charge in [-0.2, -0.15) is 0 Å². The van der Waals surface area contributed by atoms with E-state index in [1.165, 1.54) is 0 Å². The van der Waals surface area contributed by atoms with Gasteiger partial charge < -0.3 is 10.6 Å². The van der Waals surface area contributed by atoms with Crippen molar-refractivity contribution in [2.75, 3.05) is 13.1 Å². The van der Waals surface area contributed by atoms with Crippen LogP contribution in [0, 0.1) is 0 Å². The first-order valence-electron chi connectivity index (χ1n) is 6.72. The van der Waals surface area contributed by atoms with E-state index in [0.717, 1.165) is 0 Å². The summed E-state index contributed by atoms with van der Waals surface area (Å²) in [4.78, 5) is 25.1. The molecule has 0 radical (unpaired) electrons. The fraction of sp³-hybridized carbons (Fsp3) is 0.125. The van der Waals surface area contributed by atoms with Crippen LogP contribution in [-0.2, 0) is 0 Å². The molecule has 0 unspecified atom stereocenters. The highest BCUT2D eigenvalue weighted by molar-refractivity contribution is 7.80. The van der Waals surface area contributed by atoms with Gasteiger partial charge in [-0.15, -0.1) is 25.3 Å². The molecule has 0 heterocycles. The quantitative estimate of drug-likeness (QED) is 0.502. The minimum absolute atomic E-state index is 0.213. The van der Waals surface area contributed by atoms with Gasteiger partial charge in [0.05, 0.1) is 11.1 Å². The van der Waals surface area contributed by atoms with Crippen LogP contribution in [0.15, 0.2) is 58.3 Å². The zero-order valence-corrected chi connectivity index (χ0v) is 13.5. The van der Waals surface area contributed by atoms with E-state index in [2.05, 4.69) is 35.9 Å². The normalized spacial score (nSPS) is 10.1. The summed E-state index contributed by atoms with van der Waals surface area (Å²) in [6.07, 6.45) is 0. The van der Waals surface area contributed by atoms with Crippen LogP contribution in [0.4, 0.5) is 0 Å². The smallest absolute Gasteiger partial charge is 0.252 e. The molecule has 0 fully saturated rings. The number of amides is 2. The van der Waals surface area contributed by atoms with Crippen LogP contribution in [0.3, 0.4) is 0 Å². The second kappa shape index (κ2) is 7.91. The molecule has 0 spiro atoms. The Morgan fingerprint density at radius 2 is 1.09 bits per heavy atom. The minimum Gasteiger partial charge on any atom is -0.350 e. The summed E-state index contributed by atoms with van der Waals surface area (Å²) >= 11 is 8.47. The van der Waals surface area contributed by atoms with E-state index in [4.69, 9.17) is 0 Å². The maximum atomic E-state index is 11.9. The number of thiol groups is 2. The van der Waals surface area contributed by atoms with Crippen LogP contribution in [0.25, 0.3) is 0 Å². The van der Waals surface area contributed by atoms with Crippen LogP contribution in [0.5, 0.6) is 0 Å². The maximum Gasteiger partial charge on any atom is 0.252 e. The Bertz CT molecular complexity index is 630. The molecular weight excluding hydrogens is 316 g/mol. The maximum absolute atomic E-state index is 11.9. The molecule has 0 aliphatic rings. The Balaban J connectivity index is 1.80. The lowest BCUT2D eigenvalue weighted by Crippen LogP contribution is -2.34. The van der Waals surface area contributed by atoms with Crippen molar-refractivity contribution >= 4 is 37.1 Å². The van der Waals surface area contributed by atoms with Crippen molar-refractivity contribution in [1.29, 1.82) is 0 Å². The molecule has 2 aromatic rings. The molecule has 0 saturated heterocycles. The molecule has 4 nitrogen and oxygen atoms in total. The van der Waals surface area contributed by atoms with Crippen molar-refractivity contribution < 1.29 is 9.59 Å². The lowest BCUT2D eigenvalue weighted by Gasteiger charge is -2.09. The number of carbonyl (C=O) groups excluding carboxylic acids is 2. The Labute approximate surface area is 140 Å². The molecule has 0 aromatic heterocycles. The van der Waals surface area contributed by atoms with E-state index in [1.54, 1.807) is 36.4 Å². The highest BCUT2D eigenvalue weighted by atomic mass is 32.1. The highest BCUT2D eigenvalue weighted by Crippen LogP contribution is 2.13. The van der Waals surface area contributed by atoms with Gasteiger partial charge in [-0.05, 0) is 24.3 Å². The van der Waals surface area contributed by atoms with Crippen molar-refractivity contribution in [3.8, 4) is 0 Å². The average molecular weight is 332 g/mol. The minimum atomic E-state index is -0.213. The monoisotopic (exact) mass is 332 g/mol. The predicted octanol–water partition coefficient (Wildman–Crippen LogP) is 2.42. The van der Waals surface area contributed by atoms with Gasteiger partial charge in [0, 0.05) is 22.9 Å². The van der Waals surface area contributed by atoms with Gasteiger partial charge in [-0.3, -0.25) is 9.59 Å². The van der Waals surface area contributed by atoms with Crippen molar-refractivity contribution in [3.63, 3.8) is 0 Å². The van der Waals surface area contributed by atoms with Gasteiger partial charge >= 0.3 is 0 Å². The molecule has 114 valence electrons. The lowest BCUT2D eigenvalue weighted by atomic mass is 10.2. The van der Waals surface area contributed by atoms with Crippen molar-refractivity contribution in [2.24, 2.45) is 0 Å². The largest absolute Gasteiger partial charge is 0.350 e. The number of rotatable bonds is 5. The van der Waals surface area contributed by atoms with Crippen LogP contribution in [0.1, 0.15) is 20.7 Å². The van der Waals surface area contributed by atoms with Gasteiger partial charge in [0.2, 0.25) is 0 Å². The standard InChI is InChI=1S/C16H16N2O2S2/c19-15(11-5-1-3-7-13(11)21)17-9-10-18-16(20)12-6-2-4-8-14(12)22/h1-8,21-22H,9-10H2,(H,17,19)(H,18,20). The summed E-state index contributed by atoms with van der Waals surface area (Å²) in [7, 11) is 0. The number of hydrogen-bond donors (Lipinski definition) is 4. The van der Waals surface area contributed by atoms with Crippen LogP contribution < -0.4 is 10.6 Å². The predicted molar refractivity (Wildman–Crippen MR) is 92.1 cm³/mol. The van der Waals surface area contributed by atoms with Crippen molar-refractivity contribution in [2.45, 2.75) is 9.79 Å². The number of nitrogens with one attached hydrogen (secondary N) is 2. The molecule has 22 heavy (non-hydrogen) atoms. The molecule has 0 bridgehead atoms. The van der Waals surface area contributed by atoms with Crippen molar-refractivity contribution in [3.05, 3.63) is 59.7 Å². The first-order chi connectivity index (χ1) is 10.6. The molecule has 6 heteroatoms. The summed E-state index contributed by atoms with van der Waals surface area (Å²) in [5, 5.41) is 5.48. The first kappa shape index (κ1) is 16.5. The second-order valence-electron chi connectivity index (χ2n) is 4.55. The zero-order valence-electron chi connectivity index (χ0n) is 11.7. The average Bonchev–Trinajstić information content (AvgIpc) is 2.52. The van der Waals surface area contributed by atoms with E-state index < -0.39 is 0 Å². The Kier molecular flexibility index (Phi) is 5.91. The molecule has 2 aromatic carbocycles. The fourth-order valence-corrected chi connectivity index (χ4v) is 2.40. The SMILES string of the molecule is O=C(NCCNC(=O)c1ccccc1S)c1ccccc1S. The molecule has 0 saturated carbocycles. The lowest BCUT2D eigenvalue weighted by molar-refractivity contribution is 0.0925. The van der Waals surface area contributed by atoms with Gasteiger partial charge in [-0.25, -0.2) is 0 Å². The van der Waals surface area contributed by atoms with E-state index in [1.807, 2.05) is 12.1 Å². The molecule has 2 rings (SSSR count). The Morgan fingerprint density at radius 3 is 1.45 bits per heavy atom. The summed E-state index contributed by atoms with van der Waals surface area (Å²) in [6.45, 7) is 0.669. The third kappa shape index (κ3) is 4.29. The van der Waals surface area contributed by atoms with Gasteiger partial charge in [0.1, 0.15) is 0 Å². The first-order valence-corrected chi connectivity index (χ1v) is 7.61. The van der Waals surface area contributed by atoms with Gasteiger partial charge in [0.15, 0.2) is 0 Å². The van der Waals surface area contributed by atoms with Gasteiger partial charge in [0.25, 0.3) is 11.8 Å². The van der Waals surface area contributed by atoms with Gasteiger partial charge in [-0.1, -0.05) is 24.3 Å². The fourth-order valence-electron chi connectivity index (χ4n) is 1.87. The zero-order chi connectivity index (χ0) is 15.9. The molecule has 2 amide bonds. The third-order valence-electron chi connectivity index (χ3n) is 2.99. The molecule has 0 atom stereocenters. The van der Waals surface area contributed by atoms with Crippen molar-refractivity contribution in [1.82, 2.24) is 10.6 Å². The summed E-state index contributed by atoms with van der Waals surface area (Å²) in [6, 6.07) is 14.1. The third-order valence-corrected chi connectivity index (χ3v) is 3.77. The summed E-state index contributed by atoms with van der Waals surface area (Å²) in [5.74, 6) is -0.427. The molecule has 0 aliphatic heterocycles. The topological polar surface area (TPSA) is 58.2 Å². The van der Waals surface area contributed by atoms with Crippen LogP contribution >= 0.6 is 25.3 Å². The number of carbonyl (C=O) groups is 2. The highest BCUT2D eigenvalue weighted by Gasteiger charge is 2.09. The van der Waals surface area contributed by atoms with E-state index in [-0.39, 0.29) is 11.8 Å². The molecule has 2 N–H and O–H groups in total. The Hall–Kier alpha value is -1.92. The summed E-state index contributed by atoms with van der Waals surface area (Å²) < 4.78 is 0. The second-order valence-corrected chi connectivity index (χ2v) is 5.51.